The second-order valence-corrected chi connectivity index (χ2v) is 5.74. The van der Waals surface area contributed by atoms with E-state index in [2.05, 4.69) is 5.32 Å². The Morgan fingerprint density at radius 1 is 1.26 bits per heavy atom. The molecule has 0 aromatic carbocycles. The van der Waals surface area contributed by atoms with E-state index in [4.69, 9.17) is 4.74 Å². The lowest BCUT2D eigenvalue weighted by atomic mass is 9.78. The summed E-state index contributed by atoms with van der Waals surface area (Å²) in [6.07, 6.45) is 4.34. The molecule has 0 aromatic rings. The molecule has 0 spiro atoms. The van der Waals surface area contributed by atoms with E-state index in [1.54, 1.807) is 12.0 Å². The van der Waals surface area contributed by atoms with Crippen LogP contribution in [0.3, 0.4) is 0 Å². The minimum Gasteiger partial charge on any atom is -0.376 e. The van der Waals surface area contributed by atoms with E-state index in [-0.39, 0.29) is 24.0 Å². The monoisotopic (exact) mass is 268 g/mol. The number of carbonyl (C=O) groups excluding carboxylic acids is 2. The maximum atomic E-state index is 12.6. The number of carbonyl (C=O) groups is 2. The molecule has 2 aliphatic rings. The lowest BCUT2D eigenvalue weighted by Gasteiger charge is -2.48. The van der Waals surface area contributed by atoms with Crippen molar-refractivity contribution in [2.24, 2.45) is 0 Å². The molecule has 2 fully saturated rings. The molecule has 0 atom stereocenters. The summed E-state index contributed by atoms with van der Waals surface area (Å²) in [7, 11) is 1.69. The molecule has 1 aliphatic heterocycles. The molecular weight excluding hydrogens is 244 g/mol. The highest BCUT2D eigenvalue weighted by molar-refractivity contribution is 5.98. The number of nitrogens with zero attached hydrogens (tertiary/aromatic N) is 1. The van der Waals surface area contributed by atoms with E-state index in [0.717, 1.165) is 19.3 Å². The highest BCUT2D eigenvalue weighted by Crippen LogP contribution is 2.36. The first-order valence-electron chi connectivity index (χ1n) is 7.16. The number of piperazine rings is 1. The van der Waals surface area contributed by atoms with Gasteiger partial charge in [-0.1, -0.05) is 13.8 Å². The smallest absolute Gasteiger partial charge is 0.248 e. The predicted molar refractivity (Wildman–Crippen MR) is 71.6 cm³/mol. The molecule has 5 nitrogen and oxygen atoms in total. The predicted octanol–water partition coefficient (Wildman–Crippen LogP) is 1.07. The zero-order valence-corrected chi connectivity index (χ0v) is 12.1. The van der Waals surface area contributed by atoms with Gasteiger partial charge in [0.05, 0.1) is 18.7 Å². The van der Waals surface area contributed by atoms with Crippen molar-refractivity contribution in [1.82, 2.24) is 10.2 Å². The fourth-order valence-electron chi connectivity index (χ4n) is 3.11. The first-order chi connectivity index (χ1) is 9.01. The lowest BCUT2D eigenvalue weighted by molar-refractivity contribution is -0.158. The average Bonchev–Trinajstić information content (AvgIpc) is 2.37. The molecule has 0 unspecified atom stereocenters. The number of hydrogen-bond acceptors (Lipinski definition) is 3. The molecular formula is C14H24N2O3. The van der Waals surface area contributed by atoms with Crippen LogP contribution in [0.15, 0.2) is 0 Å². The molecule has 0 radical (unpaired) electrons. The summed E-state index contributed by atoms with van der Waals surface area (Å²) in [5.74, 6) is -0.0192. The van der Waals surface area contributed by atoms with Crippen LogP contribution in [0.1, 0.15) is 46.0 Å². The molecule has 2 rings (SSSR count). The van der Waals surface area contributed by atoms with Gasteiger partial charge < -0.3 is 15.0 Å². The molecule has 0 bridgehead atoms. The van der Waals surface area contributed by atoms with Gasteiger partial charge in [0, 0.05) is 7.11 Å². The molecule has 5 heteroatoms. The second-order valence-electron chi connectivity index (χ2n) is 5.74. The number of nitrogens with one attached hydrogen (secondary N) is 1. The average molecular weight is 268 g/mol. The Morgan fingerprint density at radius 2 is 1.89 bits per heavy atom. The number of ether oxygens (including phenoxy) is 1. The molecule has 1 aliphatic carbocycles. The van der Waals surface area contributed by atoms with Crippen LogP contribution in [-0.4, -0.2) is 48.1 Å². The quantitative estimate of drug-likeness (QED) is 0.811. The summed E-state index contributed by atoms with van der Waals surface area (Å²) in [6, 6.07) is 0. The van der Waals surface area contributed by atoms with E-state index in [0.29, 0.717) is 19.4 Å². The number of rotatable bonds is 5. The largest absolute Gasteiger partial charge is 0.376 e. The summed E-state index contributed by atoms with van der Waals surface area (Å²) < 4.78 is 5.57. The van der Waals surface area contributed by atoms with Crippen molar-refractivity contribution in [3.05, 3.63) is 0 Å². The van der Waals surface area contributed by atoms with Crippen LogP contribution in [0, 0.1) is 0 Å². The van der Waals surface area contributed by atoms with Gasteiger partial charge in [-0.05, 0) is 32.1 Å². The third kappa shape index (κ3) is 2.36. The molecule has 1 heterocycles. The van der Waals surface area contributed by atoms with Gasteiger partial charge in [-0.25, -0.2) is 0 Å². The third-order valence-corrected chi connectivity index (χ3v) is 4.79. The fourth-order valence-corrected chi connectivity index (χ4v) is 3.11. The van der Waals surface area contributed by atoms with Gasteiger partial charge in [0.15, 0.2) is 0 Å². The normalized spacial score (nSPS) is 24.9. The van der Waals surface area contributed by atoms with Crippen LogP contribution in [0.2, 0.25) is 0 Å². The fraction of sp³-hybridized carbons (Fsp3) is 0.857. The van der Waals surface area contributed by atoms with Gasteiger partial charge in [0.25, 0.3) is 0 Å². The molecule has 1 saturated carbocycles. The Bertz CT molecular complexity index is 367. The summed E-state index contributed by atoms with van der Waals surface area (Å²) in [6.45, 7) is 4.59. The molecule has 1 N–H and O–H groups in total. The van der Waals surface area contributed by atoms with Gasteiger partial charge in [0.2, 0.25) is 11.8 Å². The first kappa shape index (κ1) is 14.3. The summed E-state index contributed by atoms with van der Waals surface area (Å²) in [4.78, 5) is 26.2. The maximum absolute atomic E-state index is 12.6. The van der Waals surface area contributed by atoms with Crippen LogP contribution < -0.4 is 5.32 Å². The number of methoxy groups -OCH3 is 1. The van der Waals surface area contributed by atoms with Crippen molar-refractivity contribution in [2.45, 2.75) is 57.1 Å². The van der Waals surface area contributed by atoms with Crippen LogP contribution in [0.4, 0.5) is 0 Å². The van der Waals surface area contributed by atoms with Crippen molar-refractivity contribution in [2.75, 3.05) is 20.2 Å². The third-order valence-electron chi connectivity index (χ3n) is 4.79. The van der Waals surface area contributed by atoms with Crippen LogP contribution in [0.5, 0.6) is 0 Å². The van der Waals surface area contributed by atoms with Gasteiger partial charge >= 0.3 is 0 Å². The van der Waals surface area contributed by atoms with E-state index < -0.39 is 5.54 Å². The summed E-state index contributed by atoms with van der Waals surface area (Å²) in [5, 5.41) is 2.88. The lowest BCUT2D eigenvalue weighted by Crippen LogP contribution is -2.68. The maximum Gasteiger partial charge on any atom is 0.248 e. The van der Waals surface area contributed by atoms with Crippen molar-refractivity contribution < 1.29 is 14.3 Å². The molecule has 0 aromatic heterocycles. The van der Waals surface area contributed by atoms with E-state index >= 15 is 0 Å². The molecule has 1 saturated heterocycles. The van der Waals surface area contributed by atoms with Crippen LogP contribution in [-0.2, 0) is 14.3 Å². The van der Waals surface area contributed by atoms with Gasteiger partial charge in [-0.3, -0.25) is 9.59 Å². The van der Waals surface area contributed by atoms with E-state index in [9.17, 15) is 9.59 Å². The van der Waals surface area contributed by atoms with Crippen molar-refractivity contribution in [3.63, 3.8) is 0 Å². The number of hydrogen-bond donors (Lipinski definition) is 1. The first-order valence-corrected chi connectivity index (χ1v) is 7.16. The van der Waals surface area contributed by atoms with Gasteiger partial charge in [0.1, 0.15) is 5.54 Å². The zero-order valence-electron chi connectivity index (χ0n) is 12.1. The van der Waals surface area contributed by atoms with Gasteiger partial charge in [-0.2, -0.15) is 0 Å². The second kappa shape index (κ2) is 5.12. The SMILES string of the molecule is CCC1(CC)NC(=O)CN(CC2(OC)CCC2)C1=O. The Labute approximate surface area is 114 Å². The van der Waals surface area contributed by atoms with E-state index in [1.165, 1.54) is 0 Å². The number of amides is 2. The Balaban J connectivity index is 2.15. The Hall–Kier alpha value is -1.10. The minimum absolute atomic E-state index is 0.0421. The van der Waals surface area contributed by atoms with Crippen molar-refractivity contribution in [1.29, 1.82) is 0 Å². The van der Waals surface area contributed by atoms with Crippen molar-refractivity contribution >= 4 is 11.8 Å². The highest BCUT2D eigenvalue weighted by atomic mass is 16.5. The molecule has 19 heavy (non-hydrogen) atoms. The standard InChI is InChI=1S/C14H24N2O3/c1-4-14(5-2)12(18)16(9-11(17)15-14)10-13(19-3)7-6-8-13/h4-10H2,1-3H3,(H,15,17). The Morgan fingerprint density at radius 3 is 2.32 bits per heavy atom. The minimum atomic E-state index is -0.714. The zero-order chi connectivity index (χ0) is 14.1. The highest BCUT2D eigenvalue weighted by Gasteiger charge is 2.48. The van der Waals surface area contributed by atoms with Crippen LogP contribution >= 0.6 is 0 Å². The Kier molecular flexibility index (Phi) is 3.85. The summed E-state index contributed by atoms with van der Waals surface area (Å²) in [5.41, 5.74) is -0.936. The summed E-state index contributed by atoms with van der Waals surface area (Å²) >= 11 is 0. The topological polar surface area (TPSA) is 58.6 Å². The molecule has 2 amide bonds. The van der Waals surface area contributed by atoms with E-state index in [1.807, 2.05) is 13.8 Å². The van der Waals surface area contributed by atoms with Gasteiger partial charge in [-0.15, -0.1) is 0 Å². The van der Waals surface area contributed by atoms with Crippen molar-refractivity contribution in [3.8, 4) is 0 Å². The molecule has 108 valence electrons. The van der Waals surface area contributed by atoms with Crippen LogP contribution in [0.25, 0.3) is 0 Å².